The largest absolute Gasteiger partial charge is 0.339 e. The summed E-state index contributed by atoms with van der Waals surface area (Å²) < 4.78 is 5.33. The molecule has 0 saturated heterocycles. The summed E-state index contributed by atoms with van der Waals surface area (Å²) in [5, 5.41) is 4.86. The molecule has 0 aliphatic heterocycles. The summed E-state index contributed by atoms with van der Waals surface area (Å²) in [6.45, 7) is 4.14. The Balaban J connectivity index is 1.83. The quantitative estimate of drug-likeness (QED) is 0.866. The fraction of sp³-hybridized carbons (Fsp3) is 0.857. The van der Waals surface area contributed by atoms with Crippen LogP contribution in [0.5, 0.6) is 0 Å². The third-order valence-electron chi connectivity index (χ3n) is 3.99. The van der Waals surface area contributed by atoms with E-state index in [-0.39, 0.29) is 12.0 Å². The molecule has 4 nitrogen and oxygen atoms in total. The maximum Gasteiger partial charge on any atom is 0.231 e. The zero-order chi connectivity index (χ0) is 13.7. The molecule has 5 heteroatoms. The highest BCUT2D eigenvalue weighted by molar-refractivity contribution is 7.99. The molecule has 19 heavy (non-hydrogen) atoms. The summed E-state index contributed by atoms with van der Waals surface area (Å²) in [5.74, 6) is 2.52. The number of thioether (sulfide) groups is 1. The molecule has 0 radical (unpaired) electrons. The number of hydrogen-bond acceptors (Lipinski definition) is 5. The van der Waals surface area contributed by atoms with Gasteiger partial charge in [0, 0.05) is 11.3 Å². The van der Waals surface area contributed by atoms with Gasteiger partial charge in [-0.15, -0.1) is 0 Å². The van der Waals surface area contributed by atoms with Crippen LogP contribution in [0.1, 0.15) is 70.0 Å². The summed E-state index contributed by atoms with van der Waals surface area (Å²) in [6, 6.07) is 0.0966. The molecule has 1 aliphatic rings. The van der Waals surface area contributed by atoms with E-state index >= 15 is 0 Å². The van der Waals surface area contributed by atoms with Gasteiger partial charge in [0.15, 0.2) is 5.82 Å². The number of rotatable bonds is 6. The molecule has 0 aromatic carbocycles. The van der Waals surface area contributed by atoms with Gasteiger partial charge in [0.2, 0.25) is 5.89 Å². The Bertz CT molecular complexity index is 377. The van der Waals surface area contributed by atoms with Crippen LogP contribution in [0.3, 0.4) is 0 Å². The van der Waals surface area contributed by atoms with E-state index in [2.05, 4.69) is 24.0 Å². The predicted molar refractivity (Wildman–Crippen MR) is 79.1 cm³/mol. The van der Waals surface area contributed by atoms with E-state index in [0.29, 0.717) is 5.89 Å². The number of aromatic nitrogens is 2. The molecular formula is C14H25N3OS. The van der Waals surface area contributed by atoms with Crippen molar-refractivity contribution >= 4 is 11.8 Å². The Labute approximate surface area is 119 Å². The Morgan fingerprint density at radius 1 is 1.37 bits per heavy atom. The minimum atomic E-state index is 0.0966. The molecule has 2 N–H and O–H groups in total. The van der Waals surface area contributed by atoms with Crippen molar-refractivity contribution in [1.29, 1.82) is 0 Å². The molecule has 1 aliphatic carbocycles. The van der Waals surface area contributed by atoms with Gasteiger partial charge in [-0.2, -0.15) is 16.7 Å². The van der Waals surface area contributed by atoms with Gasteiger partial charge < -0.3 is 10.3 Å². The molecule has 1 saturated carbocycles. The Morgan fingerprint density at radius 3 is 2.79 bits per heavy atom. The zero-order valence-electron chi connectivity index (χ0n) is 12.0. The summed E-state index contributed by atoms with van der Waals surface area (Å²) in [4.78, 5) is 4.48. The lowest BCUT2D eigenvalue weighted by atomic mass is 10.0. The molecule has 1 aromatic rings. The van der Waals surface area contributed by atoms with Crippen LogP contribution < -0.4 is 5.73 Å². The van der Waals surface area contributed by atoms with Gasteiger partial charge in [-0.05, 0) is 19.3 Å². The standard InChI is InChI=1S/C14H25N3OS/c1-3-12(15)10(2)14-16-13(17-18-14)9-19-11-7-5-4-6-8-11/h10-12H,3-9,15H2,1-2H3. The number of hydrogen-bond donors (Lipinski definition) is 1. The lowest BCUT2D eigenvalue weighted by Crippen LogP contribution is -2.25. The fourth-order valence-electron chi connectivity index (χ4n) is 2.47. The molecule has 1 heterocycles. The second-order valence-corrected chi connectivity index (χ2v) is 6.77. The first-order chi connectivity index (χ1) is 9.20. The van der Waals surface area contributed by atoms with Crippen molar-refractivity contribution in [2.75, 3.05) is 0 Å². The van der Waals surface area contributed by atoms with Crippen LogP contribution in [0.2, 0.25) is 0 Å². The smallest absolute Gasteiger partial charge is 0.231 e. The van der Waals surface area contributed by atoms with Crippen molar-refractivity contribution < 1.29 is 4.52 Å². The van der Waals surface area contributed by atoms with Crippen LogP contribution in [0.25, 0.3) is 0 Å². The van der Waals surface area contributed by atoms with Crippen LogP contribution >= 0.6 is 11.8 Å². The van der Waals surface area contributed by atoms with Gasteiger partial charge in [0.1, 0.15) is 0 Å². The normalized spacial score (nSPS) is 20.4. The highest BCUT2D eigenvalue weighted by Crippen LogP contribution is 2.30. The lowest BCUT2D eigenvalue weighted by Gasteiger charge is -2.20. The Kier molecular flexibility index (Phi) is 5.70. The number of nitrogens with zero attached hydrogens (tertiary/aromatic N) is 2. The van der Waals surface area contributed by atoms with Crippen LogP contribution in [0.15, 0.2) is 4.52 Å². The van der Waals surface area contributed by atoms with Crippen LogP contribution in [0, 0.1) is 0 Å². The summed E-state index contributed by atoms with van der Waals surface area (Å²) in [6.07, 6.45) is 7.75. The molecule has 0 bridgehead atoms. The highest BCUT2D eigenvalue weighted by Gasteiger charge is 2.20. The lowest BCUT2D eigenvalue weighted by molar-refractivity contribution is 0.337. The zero-order valence-corrected chi connectivity index (χ0v) is 12.8. The minimum absolute atomic E-state index is 0.0966. The van der Waals surface area contributed by atoms with E-state index in [4.69, 9.17) is 10.3 Å². The molecule has 0 amide bonds. The van der Waals surface area contributed by atoms with E-state index < -0.39 is 0 Å². The minimum Gasteiger partial charge on any atom is -0.339 e. The maximum atomic E-state index is 6.02. The van der Waals surface area contributed by atoms with Gasteiger partial charge in [-0.25, -0.2) is 0 Å². The topological polar surface area (TPSA) is 64.9 Å². The van der Waals surface area contributed by atoms with Gasteiger partial charge in [0.25, 0.3) is 0 Å². The molecule has 108 valence electrons. The summed E-state index contributed by atoms with van der Waals surface area (Å²) >= 11 is 1.97. The van der Waals surface area contributed by atoms with Crippen molar-refractivity contribution in [2.45, 2.75) is 75.3 Å². The molecule has 2 unspecified atom stereocenters. The second-order valence-electron chi connectivity index (χ2n) is 5.48. The van der Waals surface area contributed by atoms with Crippen LogP contribution in [-0.2, 0) is 5.75 Å². The highest BCUT2D eigenvalue weighted by atomic mass is 32.2. The average Bonchev–Trinajstić information content (AvgIpc) is 2.93. The Hall–Kier alpha value is -0.550. The van der Waals surface area contributed by atoms with Crippen LogP contribution in [-0.4, -0.2) is 21.4 Å². The van der Waals surface area contributed by atoms with Gasteiger partial charge in [0.05, 0.1) is 11.7 Å². The molecule has 2 atom stereocenters. The second kappa shape index (κ2) is 7.29. The summed E-state index contributed by atoms with van der Waals surface area (Å²) in [5.41, 5.74) is 6.02. The van der Waals surface area contributed by atoms with Gasteiger partial charge in [-0.1, -0.05) is 38.3 Å². The molecule has 2 rings (SSSR count). The van der Waals surface area contributed by atoms with Crippen molar-refractivity contribution in [3.63, 3.8) is 0 Å². The summed E-state index contributed by atoms with van der Waals surface area (Å²) in [7, 11) is 0. The first-order valence-electron chi connectivity index (χ1n) is 7.40. The number of nitrogens with two attached hydrogens (primary N) is 1. The average molecular weight is 283 g/mol. The van der Waals surface area contributed by atoms with Crippen molar-refractivity contribution in [1.82, 2.24) is 10.1 Å². The molecule has 1 aromatic heterocycles. The van der Waals surface area contributed by atoms with E-state index in [0.717, 1.165) is 23.2 Å². The predicted octanol–water partition coefficient (Wildman–Crippen LogP) is 3.48. The SMILES string of the molecule is CCC(N)C(C)c1nc(CSC2CCCCC2)no1. The molecular weight excluding hydrogens is 258 g/mol. The van der Waals surface area contributed by atoms with E-state index in [1.807, 2.05) is 11.8 Å². The molecule has 1 fully saturated rings. The first kappa shape index (κ1) is 14.9. The van der Waals surface area contributed by atoms with Gasteiger partial charge in [-0.3, -0.25) is 0 Å². The van der Waals surface area contributed by atoms with Crippen LogP contribution in [0.4, 0.5) is 0 Å². The van der Waals surface area contributed by atoms with Crippen molar-refractivity contribution in [3.05, 3.63) is 11.7 Å². The van der Waals surface area contributed by atoms with E-state index in [1.165, 1.54) is 32.1 Å². The maximum absolute atomic E-state index is 6.02. The van der Waals surface area contributed by atoms with Crippen molar-refractivity contribution in [3.8, 4) is 0 Å². The molecule has 0 spiro atoms. The Morgan fingerprint density at radius 2 is 2.11 bits per heavy atom. The third kappa shape index (κ3) is 4.21. The van der Waals surface area contributed by atoms with E-state index in [1.54, 1.807) is 0 Å². The van der Waals surface area contributed by atoms with Crippen molar-refractivity contribution in [2.24, 2.45) is 5.73 Å². The van der Waals surface area contributed by atoms with Gasteiger partial charge >= 0.3 is 0 Å². The monoisotopic (exact) mass is 283 g/mol. The first-order valence-corrected chi connectivity index (χ1v) is 8.45. The third-order valence-corrected chi connectivity index (χ3v) is 5.35. The fourth-order valence-corrected chi connectivity index (χ4v) is 3.64. The van der Waals surface area contributed by atoms with E-state index in [9.17, 15) is 0 Å².